The van der Waals surface area contributed by atoms with Gasteiger partial charge in [-0.15, -0.1) is 13.2 Å². The summed E-state index contributed by atoms with van der Waals surface area (Å²) in [5.41, 5.74) is 0. The Bertz CT molecular complexity index is 259. The lowest BCUT2D eigenvalue weighted by Gasteiger charge is -2.11. The molecule has 0 saturated carbocycles. The molecule has 0 aromatic heterocycles. The molecule has 0 aromatic carbocycles. The maximum Gasteiger partial charge on any atom is 0.397 e. The van der Waals surface area contributed by atoms with Crippen LogP contribution < -0.4 is 0 Å². The zero-order valence-corrected chi connectivity index (χ0v) is 8.87. The van der Waals surface area contributed by atoms with E-state index in [9.17, 15) is 8.42 Å². The van der Waals surface area contributed by atoms with Gasteiger partial charge in [-0.25, -0.2) is 4.18 Å². The summed E-state index contributed by atoms with van der Waals surface area (Å²) in [5.74, 6) is 0.270. The van der Waals surface area contributed by atoms with Crippen molar-refractivity contribution < 1.29 is 17.2 Å². The molecule has 14 heavy (non-hydrogen) atoms. The first kappa shape index (κ1) is 13.4. The minimum Gasteiger partial charge on any atom is -0.264 e. The number of hydrogen-bond acceptors (Lipinski definition) is 3. The average molecular weight is 220 g/mol. The van der Waals surface area contributed by atoms with Crippen molar-refractivity contribution in [1.29, 1.82) is 0 Å². The minimum absolute atomic E-state index is 0.00875. The fourth-order valence-corrected chi connectivity index (χ4v) is 1.43. The third-order valence-corrected chi connectivity index (χ3v) is 2.22. The van der Waals surface area contributed by atoms with Crippen LogP contribution in [0.5, 0.6) is 0 Å². The lowest BCUT2D eigenvalue weighted by molar-refractivity contribution is 0.245. The van der Waals surface area contributed by atoms with Crippen molar-refractivity contribution in [3.63, 3.8) is 0 Å². The summed E-state index contributed by atoms with van der Waals surface area (Å²) < 4.78 is 33.0. The summed E-state index contributed by atoms with van der Waals surface area (Å²) in [6.07, 6.45) is 5.64. The lowest BCUT2D eigenvalue weighted by atomic mass is 9.98. The van der Waals surface area contributed by atoms with Crippen LogP contribution in [0.3, 0.4) is 0 Å². The average Bonchev–Trinajstić information content (AvgIpc) is 2.02. The van der Waals surface area contributed by atoms with Gasteiger partial charge in [0.05, 0.1) is 6.61 Å². The van der Waals surface area contributed by atoms with Gasteiger partial charge in [0.25, 0.3) is 0 Å². The number of allylic oxidation sites excluding steroid dienone is 2. The quantitative estimate of drug-likeness (QED) is 0.501. The van der Waals surface area contributed by atoms with Crippen molar-refractivity contribution in [2.24, 2.45) is 5.92 Å². The smallest absolute Gasteiger partial charge is 0.264 e. The van der Waals surface area contributed by atoms with Gasteiger partial charge in [0.1, 0.15) is 0 Å². The zero-order chi connectivity index (χ0) is 11.0. The van der Waals surface area contributed by atoms with Crippen LogP contribution in [0, 0.1) is 5.92 Å². The molecule has 0 heterocycles. The molecule has 0 saturated heterocycles. The summed E-state index contributed by atoms with van der Waals surface area (Å²) in [6, 6.07) is 0. The monoisotopic (exact) mass is 220 g/mol. The van der Waals surface area contributed by atoms with Crippen LogP contribution in [0.1, 0.15) is 19.3 Å². The van der Waals surface area contributed by atoms with Crippen molar-refractivity contribution in [3.8, 4) is 0 Å². The van der Waals surface area contributed by atoms with Crippen molar-refractivity contribution in [2.45, 2.75) is 19.3 Å². The molecule has 82 valence electrons. The molecule has 0 amide bonds. The van der Waals surface area contributed by atoms with Gasteiger partial charge in [0.15, 0.2) is 0 Å². The second-order valence-corrected chi connectivity index (χ2v) is 4.04. The predicted octanol–water partition coefficient (Wildman–Crippen LogP) is 1.96. The van der Waals surface area contributed by atoms with E-state index in [1.165, 1.54) is 0 Å². The Morgan fingerprint density at radius 2 is 1.79 bits per heavy atom. The van der Waals surface area contributed by atoms with Gasteiger partial charge in [0.2, 0.25) is 0 Å². The topological polar surface area (TPSA) is 63.6 Å². The van der Waals surface area contributed by atoms with Crippen LogP contribution in [0.15, 0.2) is 25.3 Å². The lowest BCUT2D eigenvalue weighted by Crippen LogP contribution is -2.09. The molecule has 0 radical (unpaired) electrons. The van der Waals surface area contributed by atoms with E-state index in [0.29, 0.717) is 6.42 Å². The molecule has 0 bridgehead atoms. The van der Waals surface area contributed by atoms with E-state index < -0.39 is 10.4 Å². The van der Waals surface area contributed by atoms with Crippen LogP contribution >= 0.6 is 0 Å². The summed E-state index contributed by atoms with van der Waals surface area (Å²) >= 11 is 0. The van der Waals surface area contributed by atoms with Crippen LogP contribution in [0.2, 0.25) is 0 Å². The van der Waals surface area contributed by atoms with Gasteiger partial charge in [-0.1, -0.05) is 12.2 Å². The molecule has 0 rings (SSSR count). The van der Waals surface area contributed by atoms with E-state index in [1.807, 2.05) is 0 Å². The van der Waals surface area contributed by atoms with Crippen molar-refractivity contribution in [1.82, 2.24) is 0 Å². The van der Waals surface area contributed by atoms with Crippen LogP contribution in [-0.2, 0) is 14.6 Å². The summed E-state index contributed by atoms with van der Waals surface area (Å²) in [5, 5.41) is 0. The third-order valence-electron chi connectivity index (χ3n) is 1.76. The van der Waals surface area contributed by atoms with E-state index in [1.54, 1.807) is 12.2 Å². The Morgan fingerprint density at radius 1 is 1.29 bits per heavy atom. The SMILES string of the molecule is C=CCC(CC=C)CCOS(=O)(=O)O. The van der Waals surface area contributed by atoms with Crippen molar-refractivity contribution in [3.05, 3.63) is 25.3 Å². The van der Waals surface area contributed by atoms with Gasteiger partial charge in [-0.2, -0.15) is 8.42 Å². The van der Waals surface area contributed by atoms with E-state index >= 15 is 0 Å². The van der Waals surface area contributed by atoms with Crippen LogP contribution in [-0.4, -0.2) is 19.6 Å². The number of hydrogen-bond donors (Lipinski definition) is 1. The van der Waals surface area contributed by atoms with Gasteiger partial charge < -0.3 is 0 Å². The highest BCUT2D eigenvalue weighted by Gasteiger charge is 2.08. The second kappa shape index (κ2) is 6.75. The fourth-order valence-electron chi connectivity index (χ4n) is 1.12. The first-order chi connectivity index (χ1) is 6.49. The van der Waals surface area contributed by atoms with Gasteiger partial charge in [-0.3, -0.25) is 4.55 Å². The van der Waals surface area contributed by atoms with Crippen molar-refractivity contribution in [2.75, 3.05) is 6.61 Å². The minimum atomic E-state index is -4.30. The zero-order valence-electron chi connectivity index (χ0n) is 8.05. The van der Waals surface area contributed by atoms with Gasteiger partial charge >= 0.3 is 10.4 Å². The normalized spacial score (nSPS) is 11.6. The molecule has 0 aliphatic rings. The molecular formula is C9H16O4S. The van der Waals surface area contributed by atoms with Crippen LogP contribution in [0.4, 0.5) is 0 Å². The van der Waals surface area contributed by atoms with Crippen LogP contribution in [0.25, 0.3) is 0 Å². The van der Waals surface area contributed by atoms with E-state index in [0.717, 1.165) is 12.8 Å². The molecule has 5 heteroatoms. The second-order valence-electron chi connectivity index (χ2n) is 2.95. The molecule has 0 atom stereocenters. The Kier molecular flexibility index (Phi) is 6.44. The first-order valence-corrected chi connectivity index (χ1v) is 5.69. The third kappa shape index (κ3) is 7.97. The predicted molar refractivity (Wildman–Crippen MR) is 55.2 cm³/mol. The standard InChI is InChI=1S/C9H16O4S/c1-3-5-9(6-4-2)7-8-13-14(10,11)12/h3-4,9H,1-2,5-8H2,(H,10,11,12). The Hall–Kier alpha value is -0.650. The highest BCUT2D eigenvalue weighted by atomic mass is 32.3. The molecule has 4 nitrogen and oxygen atoms in total. The Morgan fingerprint density at radius 3 is 2.14 bits per heavy atom. The first-order valence-electron chi connectivity index (χ1n) is 4.33. The van der Waals surface area contributed by atoms with E-state index in [2.05, 4.69) is 17.3 Å². The fraction of sp³-hybridized carbons (Fsp3) is 0.556. The van der Waals surface area contributed by atoms with E-state index in [4.69, 9.17) is 4.55 Å². The van der Waals surface area contributed by atoms with Gasteiger partial charge in [-0.05, 0) is 25.2 Å². The van der Waals surface area contributed by atoms with E-state index in [-0.39, 0.29) is 12.5 Å². The summed E-state index contributed by atoms with van der Waals surface area (Å²) in [7, 11) is -4.30. The molecule has 0 aliphatic carbocycles. The largest absolute Gasteiger partial charge is 0.397 e. The molecular weight excluding hydrogens is 204 g/mol. The Balaban J connectivity index is 3.81. The Labute approximate surface area is 85.2 Å². The highest BCUT2D eigenvalue weighted by Crippen LogP contribution is 2.14. The van der Waals surface area contributed by atoms with Gasteiger partial charge in [0, 0.05) is 0 Å². The molecule has 0 aromatic rings. The molecule has 0 spiro atoms. The summed E-state index contributed by atoms with van der Waals surface area (Å²) in [6.45, 7) is 7.18. The number of rotatable bonds is 8. The molecule has 0 aliphatic heterocycles. The summed E-state index contributed by atoms with van der Waals surface area (Å²) in [4.78, 5) is 0. The van der Waals surface area contributed by atoms with Crippen molar-refractivity contribution >= 4 is 10.4 Å². The maximum absolute atomic E-state index is 10.2. The molecule has 0 unspecified atom stereocenters. The molecule has 0 fully saturated rings. The maximum atomic E-state index is 10.2. The molecule has 1 N–H and O–H groups in total. The highest BCUT2D eigenvalue weighted by molar-refractivity contribution is 7.80.